The molecule has 0 aromatic carbocycles. The summed E-state index contributed by atoms with van der Waals surface area (Å²) in [5, 5.41) is 0.578. The molecule has 0 atom stereocenters. The second-order valence-corrected chi connectivity index (χ2v) is 14.5. The molecular formula is C15H33ClSi. The summed E-state index contributed by atoms with van der Waals surface area (Å²) >= 11 is 7.14. The number of hydrogen-bond donors (Lipinski definition) is 0. The average Bonchev–Trinajstić information content (AvgIpc) is 2.13. The Morgan fingerprint density at radius 2 is 1.18 bits per heavy atom. The van der Waals surface area contributed by atoms with Gasteiger partial charge in [-0.05, 0) is 16.1 Å². The molecule has 0 unspecified atom stereocenters. The van der Waals surface area contributed by atoms with E-state index in [1.54, 1.807) is 0 Å². The molecule has 0 aliphatic heterocycles. The first-order chi connectivity index (χ1) is 7.56. The predicted octanol–water partition coefficient (Wildman–Crippen LogP) is 6.74. The quantitative estimate of drug-likeness (QED) is 0.286. The van der Waals surface area contributed by atoms with Crippen molar-refractivity contribution in [3.05, 3.63) is 0 Å². The van der Waals surface area contributed by atoms with Crippen LogP contribution in [-0.4, -0.2) is 7.38 Å². The van der Waals surface area contributed by atoms with Gasteiger partial charge in [0.05, 0.1) is 0 Å². The predicted molar refractivity (Wildman–Crippen MR) is 84.6 cm³/mol. The van der Waals surface area contributed by atoms with Crippen molar-refractivity contribution in [1.82, 2.24) is 0 Å². The van der Waals surface area contributed by atoms with Crippen molar-refractivity contribution in [2.24, 2.45) is 0 Å². The first-order valence-electron chi connectivity index (χ1n) is 7.25. The number of rotatable bonds is 6. The summed E-state index contributed by atoms with van der Waals surface area (Å²) in [7, 11) is -1.74. The Balaban J connectivity index is 4.44. The molecule has 0 radical (unpaired) electrons. The second-order valence-electron chi connectivity index (χ2n) is 7.47. The van der Waals surface area contributed by atoms with Gasteiger partial charge >= 0.3 is 0 Å². The highest BCUT2D eigenvalue weighted by Gasteiger charge is 2.51. The van der Waals surface area contributed by atoms with E-state index in [1.165, 1.54) is 38.1 Å². The van der Waals surface area contributed by atoms with Crippen LogP contribution in [0.4, 0.5) is 0 Å². The molecule has 0 spiro atoms. The van der Waals surface area contributed by atoms with Crippen LogP contribution in [0, 0.1) is 0 Å². The van der Waals surface area contributed by atoms with E-state index in [-0.39, 0.29) is 10.1 Å². The van der Waals surface area contributed by atoms with Gasteiger partial charge in [0.2, 0.25) is 0 Å². The van der Waals surface area contributed by atoms with Crippen molar-refractivity contribution < 1.29 is 0 Å². The minimum absolute atomic E-state index is 0.289. The van der Waals surface area contributed by atoms with Crippen LogP contribution < -0.4 is 0 Å². The van der Waals surface area contributed by atoms with Gasteiger partial charge in [-0.2, -0.15) is 11.1 Å². The van der Waals surface area contributed by atoms with Crippen LogP contribution in [0.25, 0.3) is 0 Å². The van der Waals surface area contributed by atoms with E-state index in [2.05, 4.69) is 48.5 Å². The maximum absolute atomic E-state index is 7.14. The van der Waals surface area contributed by atoms with Crippen molar-refractivity contribution in [2.75, 3.05) is 0 Å². The second kappa shape index (κ2) is 6.61. The third-order valence-electron chi connectivity index (χ3n) is 4.00. The maximum Gasteiger partial charge on any atom is 0.167 e. The van der Waals surface area contributed by atoms with Crippen molar-refractivity contribution >= 4 is 18.5 Å². The Hall–Kier alpha value is 0.507. The summed E-state index contributed by atoms with van der Waals surface area (Å²) in [6.07, 6.45) is 6.77. The van der Waals surface area contributed by atoms with E-state index in [4.69, 9.17) is 11.1 Å². The van der Waals surface area contributed by atoms with Gasteiger partial charge in [-0.15, -0.1) is 0 Å². The molecule has 0 heterocycles. The highest BCUT2D eigenvalue weighted by atomic mass is 35.6. The smallest absolute Gasteiger partial charge is 0.166 e. The van der Waals surface area contributed by atoms with Crippen molar-refractivity contribution in [2.45, 2.75) is 96.7 Å². The minimum atomic E-state index is -1.74. The van der Waals surface area contributed by atoms with Gasteiger partial charge in [-0.25, -0.2) is 0 Å². The zero-order chi connectivity index (χ0) is 13.7. The van der Waals surface area contributed by atoms with Gasteiger partial charge in [0.15, 0.2) is 7.38 Å². The van der Waals surface area contributed by atoms with Crippen LogP contribution >= 0.6 is 11.1 Å². The Kier molecular flexibility index (Phi) is 6.81. The van der Waals surface area contributed by atoms with E-state index >= 15 is 0 Å². The molecule has 0 N–H and O–H groups in total. The van der Waals surface area contributed by atoms with Crippen LogP contribution in [0.1, 0.15) is 80.6 Å². The molecule has 0 aromatic heterocycles. The van der Waals surface area contributed by atoms with Gasteiger partial charge in [0.25, 0.3) is 0 Å². The molecule has 0 saturated carbocycles. The molecule has 0 rings (SSSR count). The normalized spacial score (nSPS) is 14.1. The highest BCUT2D eigenvalue weighted by Crippen LogP contribution is 2.56. The largest absolute Gasteiger partial charge is 0.167 e. The van der Waals surface area contributed by atoms with Gasteiger partial charge in [0, 0.05) is 0 Å². The molecule has 0 aliphatic carbocycles. The van der Waals surface area contributed by atoms with Crippen LogP contribution in [0.2, 0.25) is 16.1 Å². The highest BCUT2D eigenvalue weighted by molar-refractivity contribution is 7.23. The molecule has 0 nitrogen and oxygen atoms in total. The zero-order valence-corrected chi connectivity index (χ0v) is 14.9. The lowest BCUT2D eigenvalue weighted by Gasteiger charge is -2.47. The number of unbranched alkanes of at least 4 members (excludes halogenated alkanes) is 4. The summed E-state index contributed by atoms with van der Waals surface area (Å²) in [4.78, 5) is 0. The van der Waals surface area contributed by atoms with Gasteiger partial charge in [-0.3, -0.25) is 0 Å². The lowest BCUT2D eigenvalue weighted by atomic mass is 10.2. The molecule has 0 amide bonds. The molecule has 0 saturated heterocycles. The molecule has 0 bridgehead atoms. The van der Waals surface area contributed by atoms with Crippen LogP contribution in [0.5, 0.6) is 0 Å². The topological polar surface area (TPSA) is 0 Å². The lowest BCUT2D eigenvalue weighted by Crippen LogP contribution is -2.46. The fraction of sp³-hybridized carbons (Fsp3) is 1.00. The number of halogens is 1. The molecule has 0 aromatic rings. The first-order valence-corrected chi connectivity index (χ1v) is 10.5. The van der Waals surface area contributed by atoms with Crippen molar-refractivity contribution in [3.63, 3.8) is 0 Å². The number of hydrogen-bond acceptors (Lipinski definition) is 0. The summed E-state index contributed by atoms with van der Waals surface area (Å²) in [5.74, 6) is 0. The van der Waals surface area contributed by atoms with E-state index in [1.807, 2.05) is 0 Å². The van der Waals surface area contributed by atoms with E-state index in [0.717, 1.165) is 0 Å². The molecular weight excluding hydrogens is 244 g/mol. The van der Waals surface area contributed by atoms with Crippen LogP contribution in [0.15, 0.2) is 0 Å². The minimum Gasteiger partial charge on any atom is -0.166 e. The van der Waals surface area contributed by atoms with Crippen molar-refractivity contribution in [1.29, 1.82) is 0 Å². The molecule has 2 heteroatoms. The van der Waals surface area contributed by atoms with E-state index in [0.29, 0.717) is 0 Å². The summed E-state index contributed by atoms with van der Waals surface area (Å²) in [6.45, 7) is 16.3. The summed E-state index contributed by atoms with van der Waals surface area (Å²) < 4.78 is 0. The monoisotopic (exact) mass is 276 g/mol. The molecule has 0 fully saturated rings. The molecule has 104 valence electrons. The maximum atomic E-state index is 7.14. The molecule has 0 aliphatic rings. The fourth-order valence-electron chi connectivity index (χ4n) is 2.85. The first kappa shape index (κ1) is 17.5. The Morgan fingerprint density at radius 3 is 1.53 bits per heavy atom. The SMILES string of the molecule is CCCCCCC[Si](Cl)(C(C)(C)C)C(C)(C)C. The van der Waals surface area contributed by atoms with Crippen LogP contribution in [-0.2, 0) is 0 Å². The Bertz CT molecular complexity index is 196. The third-order valence-corrected chi connectivity index (χ3v) is 13.8. The summed E-state index contributed by atoms with van der Waals surface area (Å²) in [6, 6.07) is 1.27. The summed E-state index contributed by atoms with van der Waals surface area (Å²) in [5.41, 5.74) is 0. The van der Waals surface area contributed by atoms with E-state index < -0.39 is 7.38 Å². The van der Waals surface area contributed by atoms with Gasteiger partial charge < -0.3 is 0 Å². The van der Waals surface area contributed by atoms with Gasteiger partial charge in [-0.1, -0.05) is 80.6 Å². The zero-order valence-electron chi connectivity index (χ0n) is 13.1. The standard InChI is InChI=1S/C15H33ClSi/c1-8-9-10-11-12-13-17(16,14(2,3)4)15(5,6)7/h8-13H2,1-7H3. The average molecular weight is 277 g/mol. The Labute approximate surface area is 115 Å². The van der Waals surface area contributed by atoms with Gasteiger partial charge in [0.1, 0.15) is 0 Å². The Morgan fingerprint density at radius 1 is 0.765 bits per heavy atom. The third kappa shape index (κ3) is 4.94. The van der Waals surface area contributed by atoms with Crippen molar-refractivity contribution in [3.8, 4) is 0 Å². The molecule has 17 heavy (non-hydrogen) atoms. The fourth-order valence-corrected chi connectivity index (χ4v) is 7.74. The lowest BCUT2D eigenvalue weighted by molar-refractivity contribution is 0.602. The van der Waals surface area contributed by atoms with E-state index in [9.17, 15) is 0 Å². The van der Waals surface area contributed by atoms with Crippen LogP contribution in [0.3, 0.4) is 0 Å².